The quantitative estimate of drug-likeness (QED) is 0.766. The number of likely N-dealkylation sites (tertiary alicyclic amines) is 1. The Labute approximate surface area is 160 Å². The Hall–Kier alpha value is -2.24. The number of carbonyl (C=O) groups excluding carboxylic acids is 1. The van der Waals surface area contributed by atoms with Crippen molar-refractivity contribution in [1.82, 2.24) is 19.8 Å². The molecule has 0 spiro atoms. The molecule has 0 aliphatic carbocycles. The van der Waals surface area contributed by atoms with Gasteiger partial charge >= 0.3 is 6.09 Å². The van der Waals surface area contributed by atoms with Crippen LogP contribution in [-0.2, 0) is 14.8 Å². The van der Waals surface area contributed by atoms with E-state index in [-0.39, 0.29) is 21.9 Å². The monoisotopic (exact) mass is 412 g/mol. The Morgan fingerprint density at radius 3 is 2.70 bits per heavy atom. The topological polar surface area (TPSA) is 121 Å². The third kappa shape index (κ3) is 4.73. The molecule has 146 valence electrons. The van der Waals surface area contributed by atoms with Crippen molar-refractivity contribution in [3.05, 3.63) is 34.6 Å². The smallest absolute Gasteiger partial charge is 0.409 e. The van der Waals surface area contributed by atoms with E-state index in [1.165, 1.54) is 12.1 Å². The molecule has 9 nitrogen and oxygen atoms in total. The second-order valence-corrected chi connectivity index (χ2v) is 9.03. The molecule has 1 aliphatic rings. The number of nitrogens with zero attached hydrogens (tertiary/aromatic N) is 2. The van der Waals surface area contributed by atoms with Crippen molar-refractivity contribution in [1.29, 1.82) is 0 Å². The highest BCUT2D eigenvalue weighted by atomic mass is 32.2. The second kappa shape index (κ2) is 8.19. The number of ether oxygens (including phenoxy) is 1. The maximum absolute atomic E-state index is 12.6. The van der Waals surface area contributed by atoms with Crippen LogP contribution in [-0.4, -0.2) is 55.3 Å². The maximum atomic E-state index is 12.6. The number of H-pyrrole nitrogens is 1. The third-order valence-corrected chi connectivity index (χ3v) is 7.24. The number of hydrogen-bond donors (Lipinski definition) is 2. The molecule has 0 radical (unpaired) electrons. The van der Waals surface area contributed by atoms with Crippen molar-refractivity contribution in [2.45, 2.75) is 30.0 Å². The van der Waals surface area contributed by atoms with Crippen LogP contribution in [0.2, 0.25) is 0 Å². The minimum absolute atomic E-state index is 0.179. The molecule has 1 saturated heterocycles. The number of aromatic nitrogens is 2. The number of amides is 1. The molecule has 0 atom stereocenters. The number of nitrogens with one attached hydrogen (secondary N) is 2. The van der Waals surface area contributed by atoms with Crippen LogP contribution in [0, 0.1) is 0 Å². The van der Waals surface area contributed by atoms with E-state index < -0.39 is 10.0 Å². The first-order valence-corrected chi connectivity index (χ1v) is 10.8. The Morgan fingerprint density at radius 1 is 1.33 bits per heavy atom. The fourth-order valence-corrected chi connectivity index (χ4v) is 5.35. The maximum Gasteiger partial charge on any atom is 0.409 e. The van der Waals surface area contributed by atoms with Gasteiger partial charge in [-0.15, -0.1) is 11.3 Å². The zero-order valence-electron chi connectivity index (χ0n) is 14.7. The van der Waals surface area contributed by atoms with Gasteiger partial charge in [-0.3, -0.25) is 4.79 Å². The van der Waals surface area contributed by atoms with E-state index in [4.69, 9.17) is 4.74 Å². The summed E-state index contributed by atoms with van der Waals surface area (Å²) in [5.41, 5.74) is 0.183. The van der Waals surface area contributed by atoms with E-state index in [0.717, 1.165) is 11.3 Å². The molecule has 0 saturated carbocycles. The van der Waals surface area contributed by atoms with Crippen molar-refractivity contribution in [3.8, 4) is 10.6 Å². The molecule has 0 bridgehead atoms. The molecule has 1 fully saturated rings. The van der Waals surface area contributed by atoms with Gasteiger partial charge in [0.1, 0.15) is 9.90 Å². The first-order valence-electron chi connectivity index (χ1n) is 8.49. The van der Waals surface area contributed by atoms with Crippen molar-refractivity contribution in [3.63, 3.8) is 0 Å². The summed E-state index contributed by atoms with van der Waals surface area (Å²) >= 11 is 1.08. The standard InChI is InChI=1S/C16H20N4O5S2/c1-2-25-16(22)20-9-7-11(8-10-20)19-27(23,24)15-6-4-13(26-15)12-3-5-14(21)18-17-12/h3-6,11,19H,2,7-10H2,1H3,(H,18,21). The van der Waals surface area contributed by atoms with E-state index >= 15 is 0 Å². The Kier molecular flexibility index (Phi) is 5.92. The molecule has 1 amide bonds. The van der Waals surface area contributed by atoms with Crippen LogP contribution in [0.25, 0.3) is 10.6 Å². The van der Waals surface area contributed by atoms with E-state index in [9.17, 15) is 18.0 Å². The minimum atomic E-state index is -3.67. The summed E-state index contributed by atoms with van der Waals surface area (Å²) in [6, 6.07) is 5.81. The highest BCUT2D eigenvalue weighted by Gasteiger charge is 2.28. The Bertz CT molecular complexity index is 941. The van der Waals surface area contributed by atoms with Crippen LogP contribution < -0.4 is 10.3 Å². The number of carbonyl (C=O) groups is 1. The summed E-state index contributed by atoms with van der Waals surface area (Å²) in [7, 11) is -3.67. The Balaban J connectivity index is 1.63. The number of rotatable bonds is 5. The van der Waals surface area contributed by atoms with Crippen molar-refractivity contribution >= 4 is 27.5 Å². The van der Waals surface area contributed by atoms with E-state index in [0.29, 0.717) is 43.1 Å². The summed E-state index contributed by atoms with van der Waals surface area (Å²) in [5.74, 6) is 0. The average molecular weight is 412 g/mol. The molecule has 3 heterocycles. The Morgan fingerprint density at radius 2 is 2.07 bits per heavy atom. The molecular weight excluding hydrogens is 392 g/mol. The summed E-state index contributed by atoms with van der Waals surface area (Å²) in [6.07, 6.45) is 0.685. The lowest BCUT2D eigenvalue weighted by atomic mass is 10.1. The predicted molar refractivity (Wildman–Crippen MR) is 100 cm³/mol. The number of hydrogen-bond acceptors (Lipinski definition) is 7. The summed E-state index contributed by atoms with van der Waals surface area (Å²) < 4.78 is 33.1. The zero-order valence-corrected chi connectivity index (χ0v) is 16.3. The van der Waals surface area contributed by atoms with E-state index in [1.807, 2.05) is 0 Å². The molecule has 11 heteroatoms. The van der Waals surface area contributed by atoms with Gasteiger partial charge in [-0.2, -0.15) is 5.10 Å². The number of sulfonamides is 1. The van der Waals surface area contributed by atoms with Gasteiger partial charge < -0.3 is 9.64 Å². The van der Waals surface area contributed by atoms with Crippen LogP contribution in [0.4, 0.5) is 4.79 Å². The molecule has 0 aromatic carbocycles. The number of thiophene rings is 1. The first-order chi connectivity index (χ1) is 12.9. The fourth-order valence-electron chi connectivity index (χ4n) is 2.76. The van der Waals surface area contributed by atoms with Crippen molar-refractivity contribution in [2.24, 2.45) is 0 Å². The predicted octanol–water partition coefficient (Wildman–Crippen LogP) is 1.40. The molecular formula is C16H20N4O5S2. The average Bonchev–Trinajstić information content (AvgIpc) is 3.14. The highest BCUT2D eigenvalue weighted by Crippen LogP contribution is 2.29. The van der Waals surface area contributed by atoms with Gasteiger partial charge in [-0.1, -0.05) is 0 Å². The molecule has 2 aromatic rings. The van der Waals surface area contributed by atoms with Gasteiger partial charge in [0.25, 0.3) is 5.56 Å². The van der Waals surface area contributed by atoms with Crippen LogP contribution >= 0.6 is 11.3 Å². The van der Waals surface area contributed by atoms with Gasteiger partial charge in [0.05, 0.1) is 11.5 Å². The summed E-state index contributed by atoms with van der Waals surface area (Å²) in [4.78, 5) is 25.0. The summed E-state index contributed by atoms with van der Waals surface area (Å²) in [6.45, 7) is 2.96. The second-order valence-electron chi connectivity index (χ2n) is 6.01. The molecule has 3 rings (SSSR count). The minimum Gasteiger partial charge on any atom is -0.450 e. The molecule has 27 heavy (non-hydrogen) atoms. The van der Waals surface area contributed by atoms with Crippen LogP contribution in [0.1, 0.15) is 19.8 Å². The van der Waals surface area contributed by atoms with Gasteiger partial charge in [-0.05, 0) is 38.0 Å². The third-order valence-electron chi connectivity index (χ3n) is 4.12. The molecule has 0 unspecified atom stereocenters. The van der Waals surface area contributed by atoms with Gasteiger partial charge in [-0.25, -0.2) is 23.0 Å². The van der Waals surface area contributed by atoms with E-state index in [1.54, 1.807) is 24.0 Å². The van der Waals surface area contributed by atoms with Gasteiger partial charge in [0, 0.05) is 25.2 Å². The van der Waals surface area contributed by atoms with Crippen molar-refractivity contribution < 1.29 is 17.9 Å². The first kappa shape index (κ1) is 19.5. The van der Waals surface area contributed by atoms with Gasteiger partial charge in [0.15, 0.2) is 0 Å². The highest BCUT2D eigenvalue weighted by molar-refractivity contribution is 7.91. The van der Waals surface area contributed by atoms with Gasteiger partial charge in [0.2, 0.25) is 10.0 Å². The van der Waals surface area contributed by atoms with E-state index in [2.05, 4.69) is 14.9 Å². The lowest BCUT2D eigenvalue weighted by molar-refractivity contribution is 0.0966. The largest absolute Gasteiger partial charge is 0.450 e. The van der Waals surface area contributed by atoms with Crippen molar-refractivity contribution in [2.75, 3.05) is 19.7 Å². The zero-order chi connectivity index (χ0) is 19.4. The van der Waals surface area contributed by atoms with Crippen LogP contribution in [0.3, 0.4) is 0 Å². The molecule has 2 aromatic heterocycles. The van der Waals surface area contributed by atoms with Crippen LogP contribution in [0.15, 0.2) is 33.3 Å². The molecule has 2 N–H and O–H groups in total. The molecule has 1 aliphatic heterocycles. The normalized spacial score (nSPS) is 15.7. The SMILES string of the molecule is CCOC(=O)N1CCC(NS(=O)(=O)c2ccc(-c3ccc(=O)[nH]n3)s2)CC1. The lowest BCUT2D eigenvalue weighted by Crippen LogP contribution is -2.46. The number of piperidine rings is 1. The summed E-state index contributed by atoms with van der Waals surface area (Å²) in [5, 5.41) is 6.24. The number of aromatic amines is 1. The van der Waals surface area contributed by atoms with Crippen LogP contribution in [0.5, 0.6) is 0 Å². The fraction of sp³-hybridized carbons (Fsp3) is 0.438. The lowest BCUT2D eigenvalue weighted by Gasteiger charge is -2.31.